The molecule has 0 aliphatic carbocycles. The number of nitrogens with zero attached hydrogens (tertiary/aromatic N) is 3. The van der Waals surface area contributed by atoms with Crippen molar-refractivity contribution in [3.63, 3.8) is 0 Å². The highest BCUT2D eigenvalue weighted by Gasteiger charge is 2.25. The SMILES string of the molecule is COCCN(C)C1CCN(c2ccc(-c3cnc(N)c(-c4ccc(C)c(CCNC=O)c4)c3)cc2)C1. The fraction of sp³-hybridized carbons (Fsp3) is 0.379. The fourth-order valence-corrected chi connectivity index (χ4v) is 4.86. The lowest BCUT2D eigenvalue weighted by Gasteiger charge is -2.25. The predicted molar refractivity (Wildman–Crippen MR) is 147 cm³/mol. The highest BCUT2D eigenvalue weighted by Crippen LogP contribution is 2.32. The van der Waals surface area contributed by atoms with Crippen molar-refractivity contribution in [2.75, 3.05) is 57.6 Å². The van der Waals surface area contributed by atoms with E-state index in [4.69, 9.17) is 10.5 Å². The zero-order chi connectivity index (χ0) is 25.5. The van der Waals surface area contributed by atoms with Crippen LogP contribution in [0.2, 0.25) is 0 Å². The van der Waals surface area contributed by atoms with Crippen LogP contribution in [0.15, 0.2) is 54.7 Å². The van der Waals surface area contributed by atoms with E-state index >= 15 is 0 Å². The van der Waals surface area contributed by atoms with Crippen molar-refractivity contribution >= 4 is 17.9 Å². The number of pyridine rings is 1. The molecule has 7 heteroatoms. The molecule has 1 saturated heterocycles. The summed E-state index contributed by atoms with van der Waals surface area (Å²) in [4.78, 5) is 20.0. The molecule has 1 aromatic heterocycles. The summed E-state index contributed by atoms with van der Waals surface area (Å²) >= 11 is 0. The number of benzene rings is 2. The summed E-state index contributed by atoms with van der Waals surface area (Å²) in [5.41, 5.74) is 14.0. The summed E-state index contributed by atoms with van der Waals surface area (Å²) in [6.07, 6.45) is 4.51. The largest absolute Gasteiger partial charge is 0.383 e. The van der Waals surface area contributed by atoms with Gasteiger partial charge >= 0.3 is 0 Å². The molecule has 0 radical (unpaired) electrons. The van der Waals surface area contributed by atoms with Gasteiger partial charge in [0.25, 0.3) is 0 Å². The molecule has 0 spiro atoms. The Balaban J connectivity index is 1.50. The van der Waals surface area contributed by atoms with E-state index in [2.05, 4.69) is 82.6 Å². The second-order valence-corrected chi connectivity index (χ2v) is 9.53. The third kappa shape index (κ3) is 6.04. The number of nitrogens with two attached hydrogens (primary N) is 1. The van der Waals surface area contributed by atoms with Gasteiger partial charge in [0.15, 0.2) is 0 Å². The van der Waals surface area contributed by atoms with Crippen molar-refractivity contribution in [3.8, 4) is 22.3 Å². The zero-order valence-corrected chi connectivity index (χ0v) is 21.5. The normalized spacial score (nSPS) is 15.4. The van der Waals surface area contributed by atoms with Crippen molar-refractivity contribution in [3.05, 3.63) is 65.9 Å². The number of aryl methyl sites for hydroxylation is 1. The number of rotatable bonds is 11. The summed E-state index contributed by atoms with van der Waals surface area (Å²) in [6.45, 7) is 6.51. The minimum atomic E-state index is 0.511. The summed E-state index contributed by atoms with van der Waals surface area (Å²) in [5, 5.41) is 2.74. The Morgan fingerprint density at radius 3 is 2.69 bits per heavy atom. The Morgan fingerprint density at radius 2 is 1.94 bits per heavy atom. The molecule has 1 aliphatic rings. The van der Waals surface area contributed by atoms with E-state index in [1.54, 1.807) is 7.11 Å². The lowest BCUT2D eigenvalue weighted by Crippen LogP contribution is -2.36. The van der Waals surface area contributed by atoms with Crippen LogP contribution in [0.1, 0.15) is 17.5 Å². The van der Waals surface area contributed by atoms with Gasteiger partial charge in [0, 0.05) is 62.3 Å². The van der Waals surface area contributed by atoms with E-state index in [9.17, 15) is 4.79 Å². The summed E-state index contributed by atoms with van der Waals surface area (Å²) in [5.74, 6) is 0.511. The van der Waals surface area contributed by atoms with Crippen LogP contribution >= 0.6 is 0 Å². The fourth-order valence-electron chi connectivity index (χ4n) is 4.86. The second-order valence-electron chi connectivity index (χ2n) is 9.53. The molecule has 1 aliphatic heterocycles. The van der Waals surface area contributed by atoms with E-state index in [-0.39, 0.29) is 0 Å². The van der Waals surface area contributed by atoms with E-state index in [1.807, 2.05) is 6.20 Å². The van der Waals surface area contributed by atoms with Crippen LogP contribution in [-0.4, -0.2) is 69.3 Å². The quantitative estimate of drug-likeness (QED) is 0.317. The molecule has 1 unspecified atom stereocenters. The number of carbonyl (C=O) groups excluding carboxylic acids is 1. The number of methoxy groups -OCH3 is 1. The second kappa shape index (κ2) is 12.0. The smallest absolute Gasteiger partial charge is 0.207 e. The summed E-state index contributed by atoms with van der Waals surface area (Å²) < 4.78 is 5.23. The molecule has 0 bridgehead atoms. The number of likely N-dealkylation sites (N-methyl/N-ethyl adjacent to an activating group) is 1. The van der Waals surface area contributed by atoms with Gasteiger partial charge in [-0.05, 0) is 67.3 Å². The van der Waals surface area contributed by atoms with E-state index in [1.165, 1.54) is 16.8 Å². The topological polar surface area (TPSA) is 83.7 Å². The van der Waals surface area contributed by atoms with Gasteiger partial charge in [-0.2, -0.15) is 0 Å². The van der Waals surface area contributed by atoms with Gasteiger partial charge in [0.2, 0.25) is 6.41 Å². The van der Waals surface area contributed by atoms with Gasteiger partial charge < -0.3 is 20.7 Å². The highest BCUT2D eigenvalue weighted by molar-refractivity contribution is 5.80. The molecule has 2 aromatic carbocycles. The van der Waals surface area contributed by atoms with Crippen LogP contribution in [0.3, 0.4) is 0 Å². The molecule has 3 N–H and O–H groups in total. The molecule has 4 rings (SSSR count). The van der Waals surface area contributed by atoms with Crippen molar-refractivity contribution in [1.29, 1.82) is 0 Å². The highest BCUT2D eigenvalue weighted by atomic mass is 16.5. The Kier molecular flexibility index (Phi) is 8.57. The Bertz CT molecular complexity index is 1160. The predicted octanol–water partition coefficient (Wildman–Crippen LogP) is 3.75. The van der Waals surface area contributed by atoms with Crippen molar-refractivity contribution in [2.45, 2.75) is 25.8 Å². The molecule has 190 valence electrons. The molecule has 1 amide bonds. The number of anilines is 2. The van der Waals surface area contributed by atoms with Crippen LogP contribution in [0.5, 0.6) is 0 Å². The number of hydrogen-bond donors (Lipinski definition) is 2. The first-order chi connectivity index (χ1) is 17.5. The van der Waals surface area contributed by atoms with Gasteiger partial charge in [-0.15, -0.1) is 0 Å². The lowest BCUT2D eigenvalue weighted by molar-refractivity contribution is -0.109. The number of carbonyl (C=O) groups is 1. The third-order valence-corrected chi connectivity index (χ3v) is 7.20. The first kappa shape index (κ1) is 25.7. The van der Waals surface area contributed by atoms with Crippen LogP contribution in [-0.2, 0) is 16.0 Å². The number of nitrogens with one attached hydrogen (secondary N) is 1. The minimum Gasteiger partial charge on any atom is -0.383 e. The number of nitrogen functional groups attached to an aromatic ring is 1. The van der Waals surface area contributed by atoms with Gasteiger partial charge in [0.05, 0.1) is 6.61 Å². The van der Waals surface area contributed by atoms with Crippen LogP contribution in [0.4, 0.5) is 11.5 Å². The first-order valence-electron chi connectivity index (χ1n) is 12.6. The maximum atomic E-state index is 10.6. The van der Waals surface area contributed by atoms with Gasteiger partial charge in [-0.25, -0.2) is 4.98 Å². The van der Waals surface area contributed by atoms with Crippen LogP contribution < -0.4 is 16.0 Å². The van der Waals surface area contributed by atoms with Gasteiger partial charge in [-0.1, -0.05) is 30.3 Å². The first-order valence-corrected chi connectivity index (χ1v) is 12.6. The zero-order valence-electron chi connectivity index (χ0n) is 21.5. The van der Waals surface area contributed by atoms with E-state index in [0.717, 1.165) is 67.7 Å². The summed E-state index contributed by atoms with van der Waals surface area (Å²) in [7, 11) is 3.94. The molecule has 3 aromatic rings. The average Bonchev–Trinajstić information content (AvgIpc) is 3.40. The van der Waals surface area contributed by atoms with Gasteiger partial charge in [0.1, 0.15) is 5.82 Å². The Morgan fingerprint density at radius 1 is 1.17 bits per heavy atom. The molecular formula is C29H37N5O2. The van der Waals surface area contributed by atoms with Crippen molar-refractivity contribution < 1.29 is 9.53 Å². The van der Waals surface area contributed by atoms with Gasteiger partial charge in [-0.3, -0.25) is 9.69 Å². The average molecular weight is 488 g/mol. The lowest BCUT2D eigenvalue weighted by atomic mass is 9.96. The molecule has 36 heavy (non-hydrogen) atoms. The standard InChI is InChI=1S/C29H37N5O2/c1-21-4-5-24(16-23(21)10-12-31-20-35)28-17-25(18-32-29(28)30)22-6-8-26(9-7-22)34-13-11-27(19-34)33(2)14-15-36-3/h4-9,16-18,20,27H,10-15,19H2,1-3H3,(H2,30,32)(H,31,35). The number of amides is 1. The monoisotopic (exact) mass is 487 g/mol. The van der Waals surface area contributed by atoms with E-state index in [0.29, 0.717) is 18.4 Å². The minimum absolute atomic E-state index is 0.511. The summed E-state index contributed by atoms with van der Waals surface area (Å²) in [6, 6.07) is 17.7. The number of hydrogen-bond acceptors (Lipinski definition) is 6. The Labute approximate surface area is 214 Å². The molecule has 7 nitrogen and oxygen atoms in total. The molecule has 2 heterocycles. The maximum absolute atomic E-state index is 10.6. The van der Waals surface area contributed by atoms with E-state index < -0.39 is 0 Å². The number of aromatic nitrogens is 1. The van der Waals surface area contributed by atoms with Crippen LogP contribution in [0.25, 0.3) is 22.3 Å². The Hall–Kier alpha value is -3.42. The van der Waals surface area contributed by atoms with Crippen LogP contribution in [0, 0.1) is 6.92 Å². The molecule has 1 atom stereocenters. The molecule has 1 fully saturated rings. The maximum Gasteiger partial charge on any atom is 0.207 e. The van der Waals surface area contributed by atoms with Crippen molar-refractivity contribution in [2.24, 2.45) is 0 Å². The molecule has 0 saturated carbocycles. The molecular weight excluding hydrogens is 450 g/mol. The third-order valence-electron chi connectivity index (χ3n) is 7.20. The number of ether oxygens (including phenoxy) is 1. The van der Waals surface area contributed by atoms with Crippen molar-refractivity contribution in [1.82, 2.24) is 15.2 Å².